The average molecular weight is 195 g/mol. The average Bonchev–Trinajstić information content (AvgIpc) is 2.24. The number of benzene rings is 1. The highest BCUT2D eigenvalue weighted by molar-refractivity contribution is 5.28. The second-order valence-electron chi connectivity index (χ2n) is 3.58. The van der Waals surface area contributed by atoms with Crippen molar-refractivity contribution in [1.29, 1.82) is 0 Å². The van der Waals surface area contributed by atoms with Crippen LogP contribution >= 0.6 is 0 Å². The molecule has 3 heteroatoms. The molecular formula is C11H14FNO. The fourth-order valence-corrected chi connectivity index (χ4v) is 1.59. The third kappa shape index (κ3) is 1.87. The minimum atomic E-state index is -0.683. The second-order valence-corrected chi connectivity index (χ2v) is 3.58. The van der Waals surface area contributed by atoms with Crippen LogP contribution in [0, 0.1) is 0 Å². The highest BCUT2D eigenvalue weighted by atomic mass is 19.1. The third-order valence-corrected chi connectivity index (χ3v) is 2.63. The number of alkyl halides is 1. The first-order chi connectivity index (χ1) is 6.79. The predicted octanol–water partition coefficient (Wildman–Crippen LogP) is 1.55. The van der Waals surface area contributed by atoms with Gasteiger partial charge in [0, 0.05) is 12.6 Å². The van der Waals surface area contributed by atoms with Crippen LogP contribution in [0.4, 0.5) is 4.39 Å². The fourth-order valence-electron chi connectivity index (χ4n) is 1.59. The summed E-state index contributed by atoms with van der Waals surface area (Å²) in [6, 6.07) is 7.77. The fraction of sp³-hybridized carbons (Fsp3) is 0.455. The van der Waals surface area contributed by atoms with E-state index in [1.165, 1.54) is 0 Å². The summed E-state index contributed by atoms with van der Waals surface area (Å²) >= 11 is 0. The summed E-state index contributed by atoms with van der Waals surface area (Å²) in [5, 5.41) is 3.07. The smallest absolute Gasteiger partial charge is 0.128 e. The van der Waals surface area contributed by atoms with Crippen LogP contribution < -0.4 is 10.1 Å². The summed E-state index contributed by atoms with van der Waals surface area (Å²) in [4.78, 5) is 0. The molecule has 0 radical (unpaired) electrons. The van der Waals surface area contributed by atoms with E-state index in [4.69, 9.17) is 4.74 Å². The van der Waals surface area contributed by atoms with E-state index in [2.05, 4.69) is 5.32 Å². The number of hydrogen-bond acceptors (Lipinski definition) is 2. The number of hydrogen-bond donors (Lipinski definition) is 1. The molecule has 0 saturated carbocycles. The number of nitrogens with one attached hydrogen (secondary N) is 1. The summed E-state index contributed by atoms with van der Waals surface area (Å²) in [5.41, 5.74) is 1.14. The molecule has 1 unspecified atom stereocenters. The Morgan fingerprint density at radius 3 is 2.57 bits per heavy atom. The quantitative estimate of drug-likeness (QED) is 0.790. The summed E-state index contributed by atoms with van der Waals surface area (Å²) < 4.78 is 18.0. The molecule has 2 rings (SSSR count). The van der Waals surface area contributed by atoms with Crippen molar-refractivity contribution in [3.05, 3.63) is 29.8 Å². The van der Waals surface area contributed by atoms with Crippen LogP contribution in [0.3, 0.4) is 0 Å². The zero-order chi connectivity index (χ0) is 9.97. The molecule has 1 aliphatic rings. The summed E-state index contributed by atoms with van der Waals surface area (Å²) in [7, 11) is 1.64. The van der Waals surface area contributed by atoms with Gasteiger partial charge in [0.1, 0.15) is 11.9 Å². The molecule has 1 fully saturated rings. The van der Waals surface area contributed by atoms with Gasteiger partial charge < -0.3 is 10.1 Å². The van der Waals surface area contributed by atoms with Gasteiger partial charge in [0.2, 0.25) is 0 Å². The first-order valence-corrected chi connectivity index (χ1v) is 4.80. The van der Waals surface area contributed by atoms with Crippen LogP contribution in [0.15, 0.2) is 24.3 Å². The lowest BCUT2D eigenvalue weighted by Crippen LogP contribution is -2.55. The van der Waals surface area contributed by atoms with E-state index in [0.29, 0.717) is 6.54 Å². The molecule has 14 heavy (non-hydrogen) atoms. The first kappa shape index (κ1) is 9.46. The molecule has 2 nitrogen and oxygen atoms in total. The Hall–Kier alpha value is -1.09. The van der Waals surface area contributed by atoms with Crippen molar-refractivity contribution in [3.8, 4) is 5.75 Å². The Labute approximate surface area is 83.1 Å². The van der Waals surface area contributed by atoms with Gasteiger partial charge in [0.05, 0.1) is 7.11 Å². The molecule has 0 amide bonds. The lowest BCUT2D eigenvalue weighted by Gasteiger charge is -2.32. The minimum Gasteiger partial charge on any atom is -0.497 e. The van der Waals surface area contributed by atoms with Gasteiger partial charge in [0.25, 0.3) is 0 Å². The SMILES string of the molecule is COc1ccc(C[C@@H]2NCC2F)cc1. The molecule has 1 aromatic carbocycles. The number of methoxy groups -OCH3 is 1. The molecule has 0 spiro atoms. The van der Waals surface area contributed by atoms with Gasteiger partial charge in [-0.25, -0.2) is 4.39 Å². The van der Waals surface area contributed by atoms with E-state index >= 15 is 0 Å². The van der Waals surface area contributed by atoms with E-state index in [0.717, 1.165) is 17.7 Å². The van der Waals surface area contributed by atoms with Crippen molar-refractivity contribution in [2.75, 3.05) is 13.7 Å². The Balaban J connectivity index is 1.96. The molecule has 0 bridgehead atoms. The highest BCUT2D eigenvalue weighted by Crippen LogP contribution is 2.17. The highest BCUT2D eigenvalue weighted by Gasteiger charge is 2.29. The lowest BCUT2D eigenvalue weighted by molar-refractivity contribution is 0.158. The van der Waals surface area contributed by atoms with Gasteiger partial charge >= 0.3 is 0 Å². The van der Waals surface area contributed by atoms with Gasteiger partial charge in [0.15, 0.2) is 0 Å². The van der Waals surface area contributed by atoms with Gasteiger partial charge in [-0.3, -0.25) is 0 Å². The molecular weight excluding hydrogens is 181 g/mol. The summed E-state index contributed by atoms with van der Waals surface area (Å²) in [5.74, 6) is 0.840. The molecule has 76 valence electrons. The maximum Gasteiger partial charge on any atom is 0.128 e. The zero-order valence-electron chi connectivity index (χ0n) is 8.16. The van der Waals surface area contributed by atoms with Crippen LogP contribution in [0.5, 0.6) is 5.75 Å². The van der Waals surface area contributed by atoms with Crippen LogP contribution in [0.25, 0.3) is 0 Å². The number of rotatable bonds is 3. The van der Waals surface area contributed by atoms with E-state index in [-0.39, 0.29) is 6.04 Å². The predicted molar refractivity (Wildman–Crippen MR) is 53.4 cm³/mol. The Kier molecular flexibility index (Phi) is 2.68. The van der Waals surface area contributed by atoms with E-state index in [9.17, 15) is 4.39 Å². The van der Waals surface area contributed by atoms with Gasteiger partial charge in [-0.15, -0.1) is 0 Å². The maximum absolute atomic E-state index is 12.9. The van der Waals surface area contributed by atoms with Crippen molar-refractivity contribution in [3.63, 3.8) is 0 Å². The van der Waals surface area contributed by atoms with Gasteiger partial charge in [-0.2, -0.15) is 0 Å². The molecule has 1 saturated heterocycles. The molecule has 1 aliphatic heterocycles. The van der Waals surface area contributed by atoms with Crippen molar-refractivity contribution in [2.45, 2.75) is 18.6 Å². The Morgan fingerprint density at radius 2 is 2.14 bits per heavy atom. The number of ether oxygens (including phenoxy) is 1. The zero-order valence-corrected chi connectivity index (χ0v) is 8.16. The van der Waals surface area contributed by atoms with Crippen molar-refractivity contribution in [1.82, 2.24) is 5.32 Å². The molecule has 1 heterocycles. The topological polar surface area (TPSA) is 21.3 Å². The minimum absolute atomic E-state index is 0.00314. The van der Waals surface area contributed by atoms with Gasteiger partial charge in [-0.05, 0) is 24.1 Å². The molecule has 2 atom stereocenters. The third-order valence-electron chi connectivity index (χ3n) is 2.63. The largest absolute Gasteiger partial charge is 0.497 e. The molecule has 1 aromatic rings. The lowest BCUT2D eigenvalue weighted by atomic mass is 9.96. The monoisotopic (exact) mass is 195 g/mol. The van der Waals surface area contributed by atoms with Gasteiger partial charge in [-0.1, -0.05) is 12.1 Å². The second kappa shape index (κ2) is 3.96. The van der Waals surface area contributed by atoms with E-state index < -0.39 is 6.17 Å². The van der Waals surface area contributed by atoms with Crippen LogP contribution in [-0.4, -0.2) is 25.9 Å². The van der Waals surface area contributed by atoms with Crippen molar-refractivity contribution in [2.24, 2.45) is 0 Å². The van der Waals surface area contributed by atoms with Crippen LogP contribution in [0.1, 0.15) is 5.56 Å². The molecule has 0 aromatic heterocycles. The van der Waals surface area contributed by atoms with Crippen LogP contribution in [0.2, 0.25) is 0 Å². The summed E-state index contributed by atoms with van der Waals surface area (Å²) in [6.07, 6.45) is 0.0719. The van der Waals surface area contributed by atoms with Crippen LogP contribution in [-0.2, 0) is 6.42 Å². The Morgan fingerprint density at radius 1 is 1.43 bits per heavy atom. The van der Waals surface area contributed by atoms with Crippen molar-refractivity contribution < 1.29 is 9.13 Å². The maximum atomic E-state index is 12.9. The molecule has 1 N–H and O–H groups in total. The standard InChI is InChI=1S/C11H14FNO/c1-14-9-4-2-8(3-5-9)6-11-10(12)7-13-11/h2-5,10-11,13H,6-7H2,1H3/t10?,11-/m0/s1. The van der Waals surface area contributed by atoms with Crippen molar-refractivity contribution >= 4 is 0 Å². The number of halogens is 1. The Bertz CT molecular complexity index is 299. The normalized spacial score (nSPS) is 25.6. The van der Waals surface area contributed by atoms with E-state index in [1.54, 1.807) is 7.11 Å². The summed E-state index contributed by atoms with van der Waals surface area (Å²) in [6.45, 7) is 0.501. The molecule has 0 aliphatic carbocycles. The first-order valence-electron chi connectivity index (χ1n) is 4.80. The van der Waals surface area contributed by atoms with E-state index in [1.807, 2.05) is 24.3 Å².